The van der Waals surface area contributed by atoms with Gasteiger partial charge in [-0.3, -0.25) is 4.79 Å². The summed E-state index contributed by atoms with van der Waals surface area (Å²) in [5.74, 6) is 1.21. The van der Waals surface area contributed by atoms with Gasteiger partial charge in [-0.2, -0.15) is 0 Å². The third-order valence-corrected chi connectivity index (χ3v) is 3.62. The molecular weight excluding hydrogens is 292 g/mol. The van der Waals surface area contributed by atoms with Gasteiger partial charge in [-0.25, -0.2) is 0 Å². The quantitative estimate of drug-likeness (QED) is 0.851. The predicted octanol–water partition coefficient (Wildman–Crippen LogP) is 2.21. The van der Waals surface area contributed by atoms with Crippen molar-refractivity contribution in [2.45, 2.75) is 19.6 Å². The molecular formula is C18H24N2O3. The number of nitrogens with zero attached hydrogens (tertiary/aromatic N) is 2. The number of hydrogen-bond donors (Lipinski definition) is 1. The number of carbonyl (C=O) groups excluding carboxylic acids is 1. The van der Waals surface area contributed by atoms with Gasteiger partial charge in [-0.15, -0.1) is 0 Å². The van der Waals surface area contributed by atoms with Gasteiger partial charge >= 0.3 is 0 Å². The number of amides is 1. The Balaban J connectivity index is 2.12. The van der Waals surface area contributed by atoms with Crippen LogP contribution in [-0.4, -0.2) is 48.0 Å². The van der Waals surface area contributed by atoms with E-state index < -0.39 is 6.10 Å². The molecule has 0 spiro atoms. The van der Waals surface area contributed by atoms with Gasteiger partial charge in [0.25, 0.3) is 5.91 Å². The van der Waals surface area contributed by atoms with E-state index in [2.05, 4.69) is 0 Å². The lowest BCUT2D eigenvalue weighted by molar-refractivity contribution is -0.141. The molecule has 0 aliphatic heterocycles. The second kappa shape index (κ2) is 7.94. The largest absolute Gasteiger partial charge is 0.464 e. The summed E-state index contributed by atoms with van der Waals surface area (Å²) in [6.45, 7) is 3.46. The Morgan fingerprint density at radius 1 is 1.13 bits per heavy atom. The summed E-state index contributed by atoms with van der Waals surface area (Å²) in [7, 11) is 3.90. The second-order valence-electron chi connectivity index (χ2n) is 5.89. The molecule has 0 saturated heterocycles. The number of hydrogen-bond acceptors (Lipinski definition) is 4. The maximum Gasteiger partial charge on any atom is 0.256 e. The molecule has 0 aliphatic carbocycles. The van der Waals surface area contributed by atoms with Crippen LogP contribution in [0.5, 0.6) is 0 Å². The van der Waals surface area contributed by atoms with Gasteiger partial charge < -0.3 is 19.3 Å². The molecule has 1 atom stereocenters. The number of aliphatic hydroxyl groups excluding tert-OH is 1. The maximum absolute atomic E-state index is 12.7. The van der Waals surface area contributed by atoms with E-state index in [4.69, 9.17) is 4.42 Å². The van der Waals surface area contributed by atoms with E-state index in [1.807, 2.05) is 56.3 Å². The highest BCUT2D eigenvalue weighted by molar-refractivity contribution is 5.82. The lowest BCUT2D eigenvalue weighted by atomic mass is 10.1. The van der Waals surface area contributed by atoms with Crippen molar-refractivity contribution in [1.82, 2.24) is 9.80 Å². The van der Waals surface area contributed by atoms with Gasteiger partial charge in [0.05, 0.1) is 6.54 Å². The van der Waals surface area contributed by atoms with Crippen molar-refractivity contribution in [3.63, 3.8) is 0 Å². The summed E-state index contributed by atoms with van der Waals surface area (Å²) < 4.78 is 5.57. The first-order valence-corrected chi connectivity index (χ1v) is 7.69. The molecule has 5 heteroatoms. The van der Waals surface area contributed by atoms with E-state index in [0.717, 1.165) is 11.5 Å². The molecule has 2 aromatic rings. The highest BCUT2D eigenvalue weighted by atomic mass is 16.3. The Morgan fingerprint density at radius 3 is 2.39 bits per heavy atom. The van der Waals surface area contributed by atoms with Crippen LogP contribution in [0.1, 0.15) is 23.2 Å². The fourth-order valence-electron chi connectivity index (χ4n) is 2.30. The normalized spacial score (nSPS) is 12.4. The molecule has 0 bridgehead atoms. The first kappa shape index (κ1) is 17.2. The molecule has 1 aromatic carbocycles. The van der Waals surface area contributed by atoms with Crippen molar-refractivity contribution in [1.29, 1.82) is 0 Å². The van der Waals surface area contributed by atoms with Crippen molar-refractivity contribution < 1.29 is 14.3 Å². The molecule has 1 heterocycles. The molecule has 1 amide bonds. The molecule has 0 saturated carbocycles. The lowest BCUT2D eigenvalue weighted by Gasteiger charge is -2.26. The van der Waals surface area contributed by atoms with Crippen molar-refractivity contribution in [3.8, 4) is 0 Å². The summed E-state index contributed by atoms with van der Waals surface area (Å²) in [5, 5.41) is 10.4. The van der Waals surface area contributed by atoms with Crippen LogP contribution < -0.4 is 0 Å². The average molecular weight is 316 g/mol. The minimum atomic E-state index is -1.16. The lowest BCUT2D eigenvalue weighted by Crippen LogP contribution is -2.39. The minimum absolute atomic E-state index is 0.313. The van der Waals surface area contributed by atoms with Crippen LogP contribution in [-0.2, 0) is 11.3 Å². The Hall–Kier alpha value is -2.11. The summed E-state index contributed by atoms with van der Waals surface area (Å²) in [6, 6.07) is 12.7. The van der Waals surface area contributed by atoms with Crippen molar-refractivity contribution >= 4 is 5.91 Å². The molecule has 124 valence electrons. The monoisotopic (exact) mass is 316 g/mol. The molecule has 0 fully saturated rings. The number of benzene rings is 1. The first-order chi connectivity index (χ1) is 11.0. The molecule has 0 radical (unpaired) electrons. The van der Waals surface area contributed by atoms with E-state index in [1.54, 1.807) is 17.0 Å². The number of rotatable bonds is 7. The number of aryl methyl sites for hydroxylation is 1. The van der Waals surface area contributed by atoms with Crippen molar-refractivity contribution in [2.75, 3.05) is 27.2 Å². The smallest absolute Gasteiger partial charge is 0.256 e. The minimum Gasteiger partial charge on any atom is -0.464 e. The van der Waals surface area contributed by atoms with Crippen LogP contribution in [0.15, 0.2) is 46.9 Å². The molecule has 1 unspecified atom stereocenters. The molecule has 1 aromatic heterocycles. The van der Waals surface area contributed by atoms with E-state index >= 15 is 0 Å². The topological polar surface area (TPSA) is 56.9 Å². The second-order valence-corrected chi connectivity index (χ2v) is 5.89. The molecule has 1 N–H and O–H groups in total. The number of aliphatic hydroxyl groups is 1. The van der Waals surface area contributed by atoms with Gasteiger partial charge in [0, 0.05) is 13.1 Å². The fourth-order valence-corrected chi connectivity index (χ4v) is 2.30. The number of furan rings is 1. The number of carbonyl (C=O) groups is 1. The molecule has 5 nitrogen and oxygen atoms in total. The van der Waals surface area contributed by atoms with E-state index in [9.17, 15) is 9.90 Å². The Labute approximate surface area is 137 Å². The van der Waals surface area contributed by atoms with Crippen molar-refractivity contribution in [3.05, 3.63) is 59.5 Å². The average Bonchev–Trinajstić information content (AvgIpc) is 2.95. The molecule has 2 rings (SSSR count). The third-order valence-electron chi connectivity index (χ3n) is 3.62. The summed E-state index contributed by atoms with van der Waals surface area (Å²) in [4.78, 5) is 16.3. The SMILES string of the molecule is Cc1ccc(CN(CCN(C)C)C(=O)C(O)c2ccccc2)o1. The van der Waals surface area contributed by atoms with Crippen LogP contribution in [0.25, 0.3) is 0 Å². The van der Waals surface area contributed by atoms with Crippen LogP contribution >= 0.6 is 0 Å². The maximum atomic E-state index is 12.7. The highest BCUT2D eigenvalue weighted by Crippen LogP contribution is 2.18. The third kappa shape index (κ3) is 4.94. The standard InChI is InChI=1S/C18H24N2O3/c1-14-9-10-16(23-14)13-20(12-11-19(2)3)18(22)17(21)15-7-5-4-6-8-15/h4-10,17,21H,11-13H2,1-3H3. The van der Waals surface area contributed by atoms with Gasteiger partial charge in [0.2, 0.25) is 0 Å². The number of likely N-dealkylation sites (N-methyl/N-ethyl adjacent to an activating group) is 1. The van der Waals surface area contributed by atoms with Gasteiger partial charge in [0.1, 0.15) is 11.5 Å². The predicted molar refractivity (Wildman–Crippen MR) is 88.8 cm³/mol. The zero-order chi connectivity index (χ0) is 16.8. The highest BCUT2D eigenvalue weighted by Gasteiger charge is 2.24. The summed E-state index contributed by atoms with van der Waals surface area (Å²) in [6.07, 6.45) is -1.16. The first-order valence-electron chi connectivity index (χ1n) is 7.69. The zero-order valence-electron chi connectivity index (χ0n) is 13.9. The van der Waals surface area contributed by atoms with Crippen LogP contribution in [0, 0.1) is 6.92 Å². The van der Waals surface area contributed by atoms with Crippen LogP contribution in [0.4, 0.5) is 0 Å². The molecule has 23 heavy (non-hydrogen) atoms. The zero-order valence-corrected chi connectivity index (χ0v) is 13.9. The van der Waals surface area contributed by atoms with E-state index in [-0.39, 0.29) is 5.91 Å². The Morgan fingerprint density at radius 2 is 1.83 bits per heavy atom. The Kier molecular flexibility index (Phi) is 5.96. The molecule has 0 aliphatic rings. The van der Waals surface area contributed by atoms with Gasteiger partial charge in [-0.05, 0) is 38.7 Å². The summed E-state index contributed by atoms with van der Waals surface area (Å²) >= 11 is 0. The van der Waals surface area contributed by atoms with E-state index in [0.29, 0.717) is 25.2 Å². The Bertz CT molecular complexity index is 622. The van der Waals surface area contributed by atoms with Crippen molar-refractivity contribution in [2.24, 2.45) is 0 Å². The van der Waals surface area contributed by atoms with Gasteiger partial charge in [0.15, 0.2) is 6.10 Å². The fraction of sp³-hybridized carbons (Fsp3) is 0.389. The van der Waals surface area contributed by atoms with Crippen LogP contribution in [0.3, 0.4) is 0 Å². The van der Waals surface area contributed by atoms with Crippen LogP contribution in [0.2, 0.25) is 0 Å². The van der Waals surface area contributed by atoms with E-state index in [1.165, 1.54) is 0 Å². The van der Waals surface area contributed by atoms with Gasteiger partial charge in [-0.1, -0.05) is 30.3 Å². The summed E-state index contributed by atoms with van der Waals surface area (Å²) in [5.41, 5.74) is 0.600.